The summed E-state index contributed by atoms with van der Waals surface area (Å²) in [6, 6.07) is 17.6. The number of benzene rings is 2. The predicted molar refractivity (Wildman–Crippen MR) is 110 cm³/mol. The molecule has 0 aliphatic carbocycles. The highest BCUT2D eigenvalue weighted by atomic mass is 19.4. The van der Waals surface area contributed by atoms with Crippen LogP contribution in [0.5, 0.6) is 11.6 Å². The van der Waals surface area contributed by atoms with Gasteiger partial charge in [-0.3, -0.25) is 4.79 Å². The molecular formula is C23H20F3N3O2. The van der Waals surface area contributed by atoms with Gasteiger partial charge in [-0.15, -0.1) is 0 Å². The fourth-order valence-corrected chi connectivity index (χ4v) is 3.45. The Kier molecular flexibility index (Phi) is 5.79. The summed E-state index contributed by atoms with van der Waals surface area (Å²) in [5.74, 6) is 0.575. The summed E-state index contributed by atoms with van der Waals surface area (Å²) >= 11 is 0. The Morgan fingerprint density at radius 1 is 0.903 bits per heavy atom. The van der Waals surface area contributed by atoms with Crippen molar-refractivity contribution in [3.63, 3.8) is 0 Å². The van der Waals surface area contributed by atoms with E-state index in [-0.39, 0.29) is 11.8 Å². The highest BCUT2D eigenvalue weighted by molar-refractivity contribution is 5.96. The lowest BCUT2D eigenvalue weighted by Crippen LogP contribution is -2.48. The van der Waals surface area contributed by atoms with Gasteiger partial charge in [0.2, 0.25) is 5.88 Å². The number of hydrogen-bond acceptors (Lipinski definition) is 4. The van der Waals surface area contributed by atoms with Crippen molar-refractivity contribution in [2.24, 2.45) is 0 Å². The highest BCUT2D eigenvalue weighted by Gasteiger charge is 2.31. The standard InChI is InChI=1S/C23H20F3N3O2/c24-23(25,26)17-6-4-7-18(16-17)28-12-14-29(15-13-28)22(30)20-10-5-11-27-21(20)31-19-8-2-1-3-9-19/h1-11,16H,12-15H2. The quantitative estimate of drug-likeness (QED) is 0.597. The van der Waals surface area contributed by atoms with E-state index in [0.717, 1.165) is 12.1 Å². The fourth-order valence-electron chi connectivity index (χ4n) is 3.45. The molecule has 1 aliphatic heterocycles. The van der Waals surface area contributed by atoms with E-state index in [1.165, 1.54) is 6.07 Å². The van der Waals surface area contributed by atoms with Crippen LogP contribution in [-0.2, 0) is 6.18 Å². The van der Waals surface area contributed by atoms with Crippen molar-refractivity contribution >= 4 is 11.6 Å². The molecule has 1 fully saturated rings. The Hall–Kier alpha value is -3.55. The number of alkyl halides is 3. The molecule has 5 nitrogen and oxygen atoms in total. The zero-order chi connectivity index (χ0) is 21.8. The number of amides is 1. The van der Waals surface area contributed by atoms with Crippen LogP contribution in [0.1, 0.15) is 15.9 Å². The van der Waals surface area contributed by atoms with Crippen LogP contribution in [0.4, 0.5) is 18.9 Å². The molecule has 31 heavy (non-hydrogen) atoms. The topological polar surface area (TPSA) is 45.7 Å². The molecule has 0 atom stereocenters. The number of halogens is 3. The Labute approximate surface area is 177 Å². The Bertz CT molecular complexity index is 1050. The monoisotopic (exact) mass is 427 g/mol. The van der Waals surface area contributed by atoms with Gasteiger partial charge in [0.05, 0.1) is 5.56 Å². The van der Waals surface area contributed by atoms with Crippen molar-refractivity contribution in [3.8, 4) is 11.6 Å². The second-order valence-corrected chi connectivity index (χ2v) is 7.10. The first-order chi connectivity index (χ1) is 14.9. The molecule has 160 valence electrons. The summed E-state index contributed by atoms with van der Waals surface area (Å²) in [4.78, 5) is 20.8. The van der Waals surface area contributed by atoms with Crippen LogP contribution >= 0.6 is 0 Å². The van der Waals surface area contributed by atoms with Gasteiger partial charge in [-0.1, -0.05) is 24.3 Å². The minimum Gasteiger partial charge on any atom is -0.438 e. The number of carbonyl (C=O) groups excluding carboxylic acids is 1. The first kappa shape index (κ1) is 20.7. The number of carbonyl (C=O) groups is 1. The van der Waals surface area contributed by atoms with E-state index >= 15 is 0 Å². The van der Waals surface area contributed by atoms with E-state index in [1.54, 1.807) is 41.4 Å². The predicted octanol–water partition coefficient (Wildman–Crippen LogP) is 4.86. The van der Waals surface area contributed by atoms with E-state index < -0.39 is 11.7 Å². The fraction of sp³-hybridized carbons (Fsp3) is 0.217. The molecule has 0 saturated carbocycles. The van der Waals surface area contributed by atoms with Crippen molar-refractivity contribution in [2.75, 3.05) is 31.1 Å². The second kappa shape index (κ2) is 8.67. The van der Waals surface area contributed by atoms with Gasteiger partial charge in [0, 0.05) is 38.1 Å². The molecular weight excluding hydrogens is 407 g/mol. The molecule has 0 radical (unpaired) electrons. The van der Waals surface area contributed by atoms with Crippen LogP contribution in [0.15, 0.2) is 72.9 Å². The maximum absolute atomic E-state index is 13.1. The maximum Gasteiger partial charge on any atom is 0.416 e. The lowest BCUT2D eigenvalue weighted by atomic mass is 10.1. The summed E-state index contributed by atoms with van der Waals surface area (Å²) in [6.07, 6.45) is -2.83. The number of anilines is 1. The van der Waals surface area contributed by atoms with Crippen LogP contribution in [-0.4, -0.2) is 42.0 Å². The van der Waals surface area contributed by atoms with Gasteiger partial charge in [-0.2, -0.15) is 13.2 Å². The van der Waals surface area contributed by atoms with Crippen molar-refractivity contribution < 1.29 is 22.7 Å². The highest BCUT2D eigenvalue weighted by Crippen LogP contribution is 2.32. The third-order valence-corrected chi connectivity index (χ3v) is 5.06. The number of rotatable bonds is 4. The van der Waals surface area contributed by atoms with E-state index in [0.29, 0.717) is 43.2 Å². The lowest BCUT2D eigenvalue weighted by Gasteiger charge is -2.36. The van der Waals surface area contributed by atoms with Gasteiger partial charge in [0.25, 0.3) is 5.91 Å². The number of ether oxygens (including phenoxy) is 1. The molecule has 1 saturated heterocycles. The van der Waals surface area contributed by atoms with Crippen molar-refractivity contribution in [1.82, 2.24) is 9.88 Å². The molecule has 1 amide bonds. The minimum absolute atomic E-state index is 0.220. The van der Waals surface area contributed by atoms with E-state index in [1.807, 2.05) is 23.1 Å². The van der Waals surface area contributed by atoms with Crippen LogP contribution in [0.2, 0.25) is 0 Å². The average molecular weight is 427 g/mol. The van der Waals surface area contributed by atoms with Gasteiger partial charge in [-0.25, -0.2) is 4.98 Å². The van der Waals surface area contributed by atoms with Gasteiger partial charge < -0.3 is 14.5 Å². The molecule has 2 heterocycles. The average Bonchev–Trinajstić information content (AvgIpc) is 2.79. The SMILES string of the molecule is O=C(c1cccnc1Oc1ccccc1)N1CCN(c2cccc(C(F)(F)F)c2)CC1. The van der Waals surface area contributed by atoms with Crippen molar-refractivity contribution in [1.29, 1.82) is 0 Å². The van der Waals surface area contributed by atoms with Gasteiger partial charge in [0.1, 0.15) is 11.3 Å². The Morgan fingerprint density at radius 3 is 2.35 bits per heavy atom. The largest absolute Gasteiger partial charge is 0.438 e. The van der Waals surface area contributed by atoms with Gasteiger partial charge in [-0.05, 0) is 42.5 Å². The Morgan fingerprint density at radius 2 is 1.65 bits per heavy atom. The first-order valence-electron chi connectivity index (χ1n) is 9.81. The third kappa shape index (κ3) is 4.79. The molecule has 2 aromatic carbocycles. The normalized spacial score (nSPS) is 14.4. The van der Waals surface area contributed by atoms with Crippen LogP contribution in [0, 0.1) is 0 Å². The number of nitrogens with zero attached hydrogens (tertiary/aromatic N) is 3. The number of para-hydroxylation sites is 1. The second-order valence-electron chi connectivity index (χ2n) is 7.10. The lowest BCUT2D eigenvalue weighted by molar-refractivity contribution is -0.137. The zero-order valence-corrected chi connectivity index (χ0v) is 16.5. The molecule has 3 aromatic rings. The molecule has 1 aromatic heterocycles. The summed E-state index contributed by atoms with van der Waals surface area (Å²) in [5.41, 5.74) is 0.164. The summed E-state index contributed by atoms with van der Waals surface area (Å²) in [7, 11) is 0. The third-order valence-electron chi connectivity index (χ3n) is 5.06. The number of piperazine rings is 1. The molecule has 0 spiro atoms. The number of pyridine rings is 1. The Balaban J connectivity index is 1.45. The van der Waals surface area contributed by atoms with Crippen LogP contribution < -0.4 is 9.64 Å². The van der Waals surface area contributed by atoms with E-state index in [9.17, 15) is 18.0 Å². The molecule has 8 heteroatoms. The number of aromatic nitrogens is 1. The summed E-state index contributed by atoms with van der Waals surface area (Å²) < 4.78 is 44.8. The maximum atomic E-state index is 13.1. The van der Waals surface area contributed by atoms with Gasteiger partial charge >= 0.3 is 6.18 Å². The van der Waals surface area contributed by atoms with Crippen molar-refractivity contribution in [3.05, 3.63) is 84.1 Å². The molecule has 0 unspecified atom stereocenters. The van der Waals surface area contributed by atoms with Crippen molar-refractivity contribution in [2.45, 2.75) is 6.18 Å². The smallest absolute Gasteiger partial charge is 0.416 e. The minimum atomic E-state index is -4.39. The van der Waals surface area contributed by atoms with E-state index in [2.05, 4.69) is 4.98 Å². The summed E-state index contributed by atoms with van der Waals surface area (Å²) in [5, 5.41) is 0. The first-order valence-corrected chi connectivity index (χ1v) is 9.81. The molecule has 4 rings (SSSR count). The molecule has 1 aliphatic rings. The molecule has 0 N–H and O–H groups in total. The number of hydrogen-bond donors (Lipinski definition) is 0. The molecule has 0 bridgehead atoms. The van der Waals surface area contributed by atoms with Crippen LogP contribution in [0.25, 0.3) is 0 Å². The van der Waals surface area contributed by atoms with Crippen LogP contribution in [0.3, 0.4) is 0 Å². The zero-order valence-electron chi connectivity index (χ0n) is 16.5. The van der Waals surface area contributed by atoms with E-state index in [4.69, 9.17) is 4.74 Å². The summed E-state index contributed by atoms with van der Waals surface area (Å²) in [6.45, 7) is 1.63. The van der Waals surface area contributed by atoms with Gasteiger partial charge in [0.15, 0.2) is 0 Å².